The lowest BCUT2D eigenvalue weighted by atomic mass is 10.0. The number of hydrogen-bond donors (Lipinski definition) is 1. The lowest BCUT2D eigenvalue weighted by Crippen LogP contribution is -2.40. The zero-order valence-electron chi connectivity index (χ0n) is 7.85. The summed E-state index contributed by atoms with van der Waals surface area (Å²) in [7, 11) is 0. The van der Waals surface area contributed by atoms with Crippen LogP contribution in [0.25, 0.3) is 0 Å². The van der Waals surface area contributed by atoms with Crippen LogP contribution in [0.3, 0.4) is 0 Å². The first kappa shape index (κ1) is 9.93. The molecule has 12 heavy (non-hydrogen) atoms. The van der Waals surface area contributed by atoms with E-state index in [0.29, 0.717) is 0 Å². The SMILES string of the molecule is CC(C)OCC(F)(CN)C1CC1. The van der Waals surface area contributed by atoms with E-state index in [4.69, 9.17) is 10.5 Å². The van der Waals surface area contributed by atoms with Gasteiger partial charge >= 0.3 is 0 Å². The van der Waals surface area contributed by atoms with Crippen molar-refractivity contribution in [2.24, 2.45) is 11.7 Å². The first-order valence-corrected chi connectivity index (χ1v) is 4.59. The molecule has 0 spiro atoms. The molecular formula is C9H18FNO. The number of nitrogens with two attached hydrogens (primary N) is 1. The Morgan fingerprint density at radius 3 is 2.50 bits per heavy atom. The van der Waals surface area contributed by atoms with Crippen molar-refractivity contribution in [2.45, 2.75) is 38.5 Å². The minimum Gasteiger partial charge on any atom is -0.375 e. The zero-order valence-corrected chi connectivity index (χ0v) is 7.85. The van der Waals surface area contributed by atoms with Crippen LogP contribution >= 0.6 is 0 Å². The molecule has 1 fully saturated rings. The molecule has 0 aromatic carbocycles. The summed E-state index contributed by atoms with van der Waals surface area (Å²) in [5.41, 5.74) is 4.12. The minimum atomic E-state index is -1.26. The number of rotatable bonds is 5. The van der Waals surface area contributed by atoms with Gasteiger partial charge in [0, 0.05) is 6.54 Å². The summed E-state index contributed by atoms with van der Waals surface area (Å²) in [6.07, 6.45) is 2.02. The molecule has 0 aliphatic heterocycles. The largest absolute Gasteiger partial charge is 0.375 e. The van der Waals surface area contributed by atoms with Gasteiger partial charge < -0.3 is 10.5 Å². The number of hydrogen-bond acceptors (Lipinski definition) is 2. The highest BCUT2D eigenvalue weighted by Crippen LogP contribution is 2.41. The molecule has 0 aromatic rings. The third-order valence-electron chi connectivity index (χ3n) is 2.30. The van der Waals surface area contributed by atoms with Gasteiger partial charge in [0.05, 0.1) is 12.7 Å². The van der Waals surface area contributed by atoms with Crippen LogP contribution in [0.1, 0.15) is 26.7 Å². The fourth-order valence-electron chi connectivity index (χ4n) is 1.25. The topological polar surface area (TPSA) is 35.2 Å². The summed E-state index contributed by atoms with van der Waals surface area (Å²) in [4.78, 5) is 0. The van der Waals surface area contributed by atoms with E-state index in [1.807, 2.05) is 13.8 Å². The van der Waals surface area contributed by atoms with Crippen molar-refractivity contribution in [1.82, 2.24) is 0 Å². The average molecular weight is 175 g/mol. The van der Waals surface area contributed by atoms with Crippen LogP contribution in [0.2, 0.25) is 0 Å². The summed E-state index contributed by atoms with van der Waals surface area (Å²) in [6.45, 7) is 4.06. The fraction of sp³-hybridized carbons (Fsp3) is 1.00. The summed E-state index contributed by atoms with van der Waals surface area (Å²) < 4.78 is 19.1. The minimum absolute atomic E-state index is 0.0877. The standard InChI is InChI=1S/C9H18FNO/c1-7(2)12-6-9(10,5-11)8-3-4-8/h7-8H,3-6,11H2,1-2H3. The van der Waals surface area contributed by atoms with E-state index in [1.54, 1.807) is 0 Å². The van der Waals surface area contributed by atoms with Crippen LogP contribution in [0.4, 0.5) is 4.39 Å². The van der Waals surface area contributed by atoms with Crippen LogP contribution < -0.4 is 5.73 Å². The van der Waals surface area contributed by atoms with Gasteiger partial charge in [0.25, 0.3) is 0 Å². The van der Waals surface area contributed by atoms with Gasteiger partial charge in [0.15, 0.2) is 0 Å². The second kappa shape index (κ2) is 3.71. The molecule has 2 N–H and O–H groups in total. The van der Waals surface area contributed by atoms with Crippen molar-refractivity contribution in [3.8, 4) is 0 Å². The Hall–Kier alpha value is -0.150. The first-order chi connectivity index (χ1) is 5.58. The summed E-state index contributed by atoms with van der Waals surface area (Å²) in [6, 6.07) is 0. The molecule has 0 radical (unpaired) electrons. The highest BCUT2D eigenvalue weighted by molar-refractivity contribution is 4.96. The number of halogens is 1. The molecule has 3 heteroatoms. The Labute approximate surface area is 73.3 Å². The van der Waals surface area contributed by atoms with E-state index in [9.17, 15) is 4.39 Å². The summed E-state index contributed by atoms with van der Waals surface area (Å²) >= 11 is 0. The second-order valence-corrected chi connectivity index (χ2v) is 3.87. The van der Waals surface area contributed by atoms with Gasteiger partial charge in [0.2, 0.25) is 0 Å². The van der Waals surface area contributed by atoms with Crippen molar-refractivity contribution in [2.75, 3.05) is 13.2 Å². The van der Waals surface area contributed by atoms with E-state index in [2.05, 4.69) is 0 Å². The van der Waals surface area contributed by atoms with Crippen molar-refractivity contribution in [3.63, 3.8) is 0 Å². The maximum absolute atomic E-state index is 13.8. The van der Waals surface area contributed by atoms with Crippen LogP contribution in [-0.2, 0) is 4.74 Å². The van der Waals surface area contributed by atoms with Crippen molar-refractivity contribution in [3.05, 3.63) is 0 Å². The van der Waals surface area contributed by atoms with Crippen LogP contribution in [0, 0.1) is 5.92 Å². The quantitative estimate of drug-likeness (QED) is 0.687. The van der Waals surface area contributed by atoms with Crippen LogP contribution in [0.5, 0.6) is 0 Å². The molecule has 1 aliphatic carbocycles. The predicted molar refractivity (Wildman–Crippen MR) is 46.7 cm³/mol. The lowest BCUT2D eigenvalue weighted by molar-refractivity contribution is -0.0209. The highest BCUT2D eigenvalue weighted by atomic mass is 19.1. The molecule has 1 aliphatic rings. The van der Waals surface area contributed by atoms with Crippen LogP contribution in [0.15, 0.2) is 0 Å². The van der Waals surface area contributed by atoms with Gasteiger partial charge in [-0.1, -0.05) is 0 Å². The Morgan fingerprint density at radius 1 is 1.58 bits per heavy atom. The smallest absolute Gasteiger partial charge is 0.149 e. The van der Waals surface area contributed by atoms with Crippen molar-refractivity contribution >= 4 is 0 Å². The summed E-state index contributed by atoms with van der Waals surface area (Å²) in [5.74, 6) is 0.154. The van der Waals surface area contributed by atoms with Gasteiger partial charge in [-0.2, -0.15) is 0 Å². The Morgan fingerprint density at radius 2 is 2.17 bits per heavy atom. The Balaban J connectivity index is 2.33. The molecule has 72 valence electrons. The van der Waals surface area contributed by atoms with Crippen molar-refractivity contribution in [1.29, 1.82) is 0 Å². The molecule has 0 heterocycles. The molecule has 0 bridgehead atoms. The fourth-order valence-corrected chi connectivity index (χ4v) is 1.25. The summed E-state index contributed by atoms with van der Waals surface area (Å²) in [5, 5.41) is 0. The molecule has 1 atom stereocenters. The molecule has 2 nitrogen and oxygen atoms in total. The lowest BCUT2D eigenvalue weighted by Gasteiger charge is -2.24. The number of ether oxygens (including phenoxy) is 1. The second-order valence-electron chi connectivity index (χ2n) is 3.87. The predicted octanol–water partition coefficient (Wildman–Crippen LogP) is 1.49. The van der Waals surface area contributed by atoms with E-state index < -0.39 is 5.67 Å². The van der Waals surface area contributed by atoms with Crippen LogP contribution in [-0.4, -0.2) is 24.9 Å². The van der Waals surface area contributed by atoms with E-state index in [-0.39, 0.29) is 25.2 Å². The third-order valence-corrected chi connectivity index (χ3v) is 2.30. The maximum Gasteiger partial charge on any atom is 0.149 e. The normalized spacial score (nSPS) is 22.8. The molecule has 0 amide bonds. The van der Waals surface area contributed by atoms with Crippen molar-refractivity contribution < 1.29 is 9.13 Å². The zero-order chi connectivity index (χ0) is 9.19. The molecule has 0 aromatic heterocycles. The Kier molecular flexibility index (Phi) is 3.07. The molecule has 1 unspecified atom stereocenters. The van der Waals surface area contributed by atoms with E-state index in [0.717, 1.165) is 12.8 Å². The van der Waals surface area contributed by atoms with Gasteiger partial charge in [-0.05, 0) is 32.6 Å². The third kappa shape index (κ3) is 2.42. The van der Waals surface area contributed by atoms with Gasteiger partial charge in [0.1, 0.15) is 5.67 Å². The Bertz CT molecular complexity index is 147. The monoisotopic (exact) mass is 175 g/mol. The molecule has 1 saturated carbocycles. The van der Waals surface area contributed by atoms with E-state index >= 15 is 0 Å². The molecule has 1 rings (SSSR count). The molecule has 0 saturated heterocycles. The van der Waals surface area contributed by atoms with E-state index in [1.165, 1.54) is 0 Å². The first-order valence-electron chi connectivity index (χ1n) is 4.59. The number of alkyl halides is 1. The van der Waals surface area contributed by atoms with Gasteiger partial charge in [-0.3, -0.25) is 0 Å². The average Bonchev–Trinajstić information content (AvgIpc) is 2.82. The van der Waals surface area contributed by atoms with Gasteiger partial charge in [-0.15, -0.1) is 0 Å². The highest BCUT2D eigenvalue weighted by Gasteiger charge is 2.45. The van der Waals surface area contributed by atoms with Gasteiger partial charge in [-0.25, -0.2) is 4.39 Å². The molecular weight excluding hydrogens is 157 g/mol. The maximum atomic E-state index is 13.8.